The molecule has 0 aliphatic carbocycles. The number of nitrogens with one attached hydrogen (secondary N) is 2. The van der Waals surface area contributed by atoms with Crippen molar-refractivity contribution in [2.45, 2.75) is 12.5 Å². The molecule has 0 saturated heterocycles. The molecule has 0 spiro atoms. The number of nitrogens with two attached hydrogens (primary N) is 1. The van der Waals surface area contributed by atoms with Crippen molar-refractivity contribution in [3.63, 3.8) is 0 Å². The Morgan fingerprint density at radius 2 is 2.57 bits per heavy atom. The summed E-state index contributed by atoms with van der Waals surface area (Å²) in [5.41, 5.74) is 5.47. The standard InChI is InChI=1S/C7H10N6O/c1-2-3-5(8)6(14)4-9-7-10-12-13-11-7/h1,5H,3-4,8H2,(H2,9,10,11,12,13). The van der Waals surface area contributed by atoms with Crippen molar-refractivity contribution < 1.29 is 4.79 Å². The lowest BCUT2D eigenvalue weighted by atomic mass is 10.1. The quantitative estimate of drug-likeness (QED) is 0.494. The van der Waals surface area contributed by atoms with Crippen molar-refractivity contribution >= 4 is 11.7 Å². The van der Waals surface area contributed by atoms with Gasteiger partial charge < -0.3 is 11.1 Å². The van der Waals surface area contributed by atoms with Gasteiger partial charge in [-0.3, -0.25) is 4.79 Å². The third-order valence-corrected chi connectivity index (χ3v) is 1.52. The normalized spacial score (nSPS) is 11.7. The van der Waals surface area contributed by atoms with Gasteiger partial charge in [-0.05, 0) is 5.21 Å². The first kappa shape index (κ1) is 10.1. The van der Waals surface area contributed by atoms with Gasteiger partial charge in [-0.1, -0.05) is 5.10 Å². The predicted octanol–water partition coefficient (Wildman–Crippen LogP) is -1.47. The van der Waals surface area contributed by atoms with Crippen LogP contribution in [0.1, 0.15) is 6.42 Å². The van der Waals surface area contributed by atoms with Crippen LogP contribution in [0.25, 0.3) is 0 Å². The van der Waals surface area contributed by atoms with Gasteiger partial charge in [0.05, 0.1) is 12.6 Å². The number of rotatable bonds is 5. The van der Waals surface area contributed by atoms with Crippen LogP contribution in [-0.2, 0) is 4.79 Å². The first-order chi connectivity index (χ1) is 6.74. The number of carbonyl (C=O) groups is 1. The monoisotopic (exact) mass is 194 g/mol. The van der Waals surface area contributed by atoms with Crippen LogP contribution in [-0.4, -0.2) is 39.0 Å². The molecule has 1 aromatic rings. The van der Waals surface area contributed by atoms with Gasteiger partial charge in [-0.15, -0.1) is 17.4 Å². The smallest absolute Gasteiger partial charge is 0.263 e. The third-order valence-electron chi connectivity index (χ3n) is 1.52. The fraction of sp³-hybridized carbons (Fsp3) is 0.429. The maximum Gasteiger partial charge on any atom is 0.263 e. The molecule has 1 atom stereocenters. The van der Waals surface area contributed by atoms with E-state index in [2.05, 4.69) is 31.9 Å². The highest BCUT2D eigenvalue weighted by Gasteiger charge is 2.12. The number of nitrogens with zero attached hydrogens (tertiary/aromatic N) is 3. The Labute approximate surface area is 80.4 Å². The first-order valence-electron chi connectivity index (χ1n) is 3.93. The minimum absolute atomic E-state index is 0.0440. The molecule has 14 heavy (non-hydrogen) atoms. The van der Waals surface area contributed by atoms with Crippen molar-refractivity contribution in [1.82, 2.24) is 20.6 Å². The summed E-state index contributed by atoms with van der Waals surface area (Å²) in [6.07, 6.45) is 5.24. The molecule has 0 aliphatic rings. The fourth-order valence-electron chi connectivity index (χ4n) is 0.775. The maximum atomic E-state index is 11.3. The third kappa shape index (κ3) is 2.84. The molecule has 4 N–H and O–H groups in total. The van der Waals surface area contributed by atoms with Crippen LogP contribution < -0.4 is 11.1 Å². The summed E-state index contributed by atoms with van der Waals surface area (Å²) in [7, 11) is 0. The Bertz CT molecular complexity index is 326. The highest BCUT2D eigenvalue weighted by Crippen LogP contribution is 1.92. The van der Waals surface area contributed by atoms with E-state index >= 15 is 0 Å². The van der Waals surface area contributed by atoms with Crippen molar-refractivity contribution in [1.29, 1.82) is 0 Å². The van der Waals surface area contributed by atoms with E-state index in [0.717, 1.165) is 0 Å². The molecular formula is C7H10N6O. The minimum Gasteiger partial charge on any atom is -0.344 e. The van der Waals surface area contributed by atoms with Crippen LogP contribution in [0.5, 0.6) is 0 Å². The van der Waals surface area contributed by atoms with Gasteiger partial charge >= 0.3 is 0 Å². The fourth-order valence-corrected chi connectivity index (χ4v) is 0.775. The Hall–Kier alpha value is -1.94. The number of H-pyrrole nitrogens is 1. The van der Waals surface area contributed by atoms with E-state index < -0.39 is 6.04 Å². The van der Waals surface area contributed by atoms with Gasteiger partial charge in [0, 0.05) is 6.42 Å². The van der Waals surface area contributed by atoms with Gasteiger partial charge in [0.15, 0.2) is 5.78 Å². The summed E-state index contributed by atoms with van der Waals surface area (Å²) in [6.45, 7) is 0.0440. The van der Waals surface area contributed by atoms with Crippen LogP contribution >= 0.6 is 0 Å². The van der Waals surface area contributed by atoms with E-state index in [0.29, 0.717) is 0 Å². The van der Waals surface area contributed by atoms with Crippen LogP contribution in [0.4, 0.5) is 5.95 Å². The lowest BCUT2D eigenvalue weighted by Crippen LogP contribution is -2.34. The van der Waals surface area contributed by atoms with E-state index in [4.69, 9.17) is 12.2 Å². The second-order valence-corrected chi connectivity index (χ2v) is 2.57. The van der Waals surface area contributed by atoms with Crippen molar-refractivity contribution in [2.24, 2.45) is 5.73 Å². The zero-order valence-electron chi connectivity index (χ0n) is 7.40. The molecule has 74 valence electrons. The van der Waals surface area contributed by atoms with Gasteiger partial charge in [-0.2, -0.15) is 5.21 Å². The maximum absolute atomic E-state index is 11.3. The topological polar surface area (TPSA) is 110 Å². The van der Waals surface area contributed by atoms with E-state index in [1.807, 2.05) is 0 Å². The van der Waals surface area contributed by atoms with Crippen molar-refractivity contribution in [3.05, 3.63) is 0 Å². The highest BCUT2D eigenvalue weighted by molar-refractivity contribution is 5.87. The molecule has 0 aromatic carbocycles. The number of ketones is 1. The van der Waals surface area contributed by atoms with Gasteiger partial charge in [0.25, 0.3) is 5.95 Å². The Morgan fingerprint density at radius 3 is 3.14 bits per heavy atom. The zero-order valence-corrected chi connectivity index (χ0v) is 7.40. The summed E-state index contributed by atoms with van der Waals surface area (Å²) >= 11 is 0. The first-order valence-corrected chi connectivity index (χ1v) is 3.93. The van der Waals surface area contributed by atoms with Gasteiger partial charge in [-0.25, -0.2) is 0 Å². The average Bonchev–Trinajstić information content (AvgIpc) is 2.67. The number of Topliss-reactive ketones (excluding diaryl/α,β-unsaturated/α-hetero) is 1. The molecule has 0 fully saturated rings. The van der Waals surface area contributed by atoms with Crippen LogP contribution in [0.2, 0.25) is 0 Å². The molecule has 0 saturated carbocycles. The van der Waals surface area contributed by atoms with Crippen LogP contribution in [0, 0.1) is 12.3 Å². The van der Waals surface area contributed by atoms with Gasteiger partial charge in [0.1, 0.15) is 0 Å². The molecule has 0 bridgehead atoms. The van der Waals surface area contributed by atoms with Crippen molar-refractivity contribution in [2.75, 3.05) is 11.9 Å². The Kier molecular flexibility index (Phi) is 3.58. The molecular weight excluding hydrogens is 184 g/mol. The van der Waals surface area contributed by atoms with E-state index in [1.165, 1.54) is 0 Å². The molecule has 1 heterocycles. The second kappa shape index (κ2) is 4.94. The number of hydrogen-bond acceptors (Lipinski definition) is 6. The van der Waals surface area contributed by atoms with Crippen molar-refractivity contribution in [3.8, 4) is 12.3 Å². The largest absolute Gasteiger partial charge is 0.344 e. The average molecular weight is 194 g/mol. The number of hydrogen-bond donors (Lipinski definition) is 3. The molecule has 0 radical (unpaired) electrons. The lowest BCUT2D eigenvalue weighted by Gasteiger charge is -2.06. The molecule has 0 aliphatic heterocycles. The zero-order chi connectivity index (χ0) is 10.4. The van der Waals surface area contributed by atoms with E-state index in [9.17, 15) is 4.79 Å². The molecule has 7 heteroatoms. The molecule has 1 unspecified atom stereocenters. The number of carbonyl (C=O) groups excluding carboxylic acids is 1. The molecule has 7 nitrogen and oxygen atoms in total. The van der Waals surface area contributed by atoms with Crippen LogP contribution in [0.15, 0.2) is 0 Å². The SMILES string of the molecule is C#CCC(N)C(=O)CNc1nn[nH]n1. The lowest BCUT2D eigenvalue weighted by molar-refractivity contribution is -0.118. The number of terminal acetylenes is 1. The Morgan fingerprint density at radius 1 is 1.79 bits per heavy atom. The molecule has 1 rings (SSSR count). The van der Waals surface area contributed by atoms with Gasteiger partial charge in [0.2, 0.25) is 0 Å². The number of aromatic amines is 1. The summed E-state index contributed by atoms with van der Waals surface area (Å²) < 4.78 is 0. The highest BCUT2D eigenvalue weighted by atomic mass is 16.1. The summed E-state index contributed by atoms with van der Waals surface area (Å²) in [5.74, 6) is 2.39. The molecule has 1 aromatic heterocycles. The predicted molar refractivity (Wildman–Crippen MR) is 49.1 cm³/mol. The summed E-state index contributed by atoms with van der Waals surface area (Å²) in [6, 6.07) is -0.639. The van der Waals surface area contributed by atoms with Crippen LogP contribution in [0.3, 0.4) is 0 Å². The number of anilines is 1. The number of aromatic nitrogens is 4. The Balaban J connectivity index is 2.32. The number of tetrazole rings is 1. The molecule has 0 amide bonds. The summed E-state index contributed by atoms with van der Waals surface area (Å²) in [5, 5.41) is 15.4. The van der Waals surface area contributed by atoms with E-state index in [1.54, 1.807) is 0 Å². The second-order valence-electron chi connectivity index (χ2n) is 2.57. The minimum atomic E-state index is -0.639. The summed E-state index contributed by atoms with van der Waals surface area (Å²) in [4.78, 5) is 11.3. The van der Waals surface area contributed by atoms with E-state index in [-0.39, 0.29) is 24.7 Å².